The van der Waals surface area contributed by atoms with E-state index in [0.29, 0.717) is 11.3 Å². The van der Waals surface area contributed by atoms with Crippen LogP contribution in [0.3, 0.4) is 0 Å². The van der Waals surface area contributed by atoms with Gasteiger partial charge in [0.1, 0.15) is 6.07 Å². The summed E-state index contributed by atoms with van der Waals surface area (Å²) in [6.07, 6.45) is 0. The van der Waals surface area contributed by atoms with Gasteiger partial charge in [0.15, 0.2) is 0 Å². The van der Waals surface area contributed by atoms with E-state index in [9.17, 15) is 0 Å². The quantitative estimate of drug-likeness (QED) is 0.434. The number of alkyl halides is 2. The fourth-order valence-corrected chi connectivity index (χ4v) is 2.72. The zero-order chi connectivity index (χ0) is 12.4. The zero-order valence-corrected chi connectivity index (χ0v) is 13.1. The van der Waals surface area contributed by atoms with E-state index < -0.39 is 0 Å². The van der Waals surface area contributed by atoms with Gasteiger partial charge in [-0.15, -0.1) is 0 Å². The zero-order valence-electron chi connectivity index (χ0n) is 8.74. The number of benzene rings is 1. The van der Waals surface area contributed by atoms with Crippen molar-refractivity contribution in [3.63, 3.8) is 0 Å². The van der Waals surface area contributed by atoms with Crippen LogP contribution in [0.2, 0.25) is 0 Å². The van der Waals surface area contributed by atoms with E-state index in [4.69, 9.17) is 11.0 Å². The van der Waals surface area contributed by atoms with Crippen LogP contribution in [0.1, 0.15) is 17.0 Å². The van der Waals surface area contributed by atoms with Crippen LogP contribution in [0.25, 0.3) is 11.0 Å². The third-order valence-electron chi connectivity index (χ3n) is 2.36. The molecule has 1 aromatic heterocycles. The van der Waals surface area contributed by atoms with Crippen molar-refractivity contribution in [3.8, 4) is 6.07 Å². The number of nitrogens with two attached hydrogens (primary N) is 1. The molecule has 0 saturated heterocycles. The molecule has 86 valence electrons. The van der Waals surface area contributed by atoms with Crippen molar-refractivity contribution in [1.29, 1.82) is 5.26 Å². The first-order chi connectivity index (χ1) is 8.19. The topological polar surface area (TPSA) is 75.6 Å². The Bertz CT molecular complexity index is 619. The monoisotopic (exact) mass is 450 g/mol. The lowest BCUT2D eigenvalue weighted by Gasteiger charge is -2.06. The molecule has 2 rings (SSSR count). The molecule has 2 N–H and O–H groups in total. The van der Waals surface area contributed by atoms with Gasteiger partial charge in [0, 0.05) is 8.86 Å². The standard InChI is InChI=1S/C11H8I2N4/c12-3-10-11(4-13)17-9-2-7(15)6(5-14)1-8(9)16-10/h1-2H,3-4,15H2. The van der Waals surface area contributed by atoms with Gasteiger partial charge in [0.2, 0.25) is 0 Å². The van der Waals surface area contributed by atoms with E-state index in [-0.39, 0.29) is 0 Å². The van der Waals surface area contributed by atoms with Gasteiger partial charge in [0.05, 0.1) is 33.7 Å². The highest BCUT2D eigenvalue weighted by atomic mass is 127. The average Bonchev–Trinajstić information content (AvgIpc) is 2.36. The summed E-state index contributed by atoms with van der Waals surface area (Å²) < 4.78 is 1.63. The van der Waals surface area contributed by atoms with Crippen LogP contribution >= 0.6 is 45.2 Å². The second-order valence-electron chi connectivity index (χ2n) is 3.42. The Morgan fingerprint density at radius 2 is 1.65 bits per heavy atom. The molecule has 2 aromatic rings. The van der Waals surface area contributed by atoms with Gasteiger partial charge in [-0.05, 0) is 12.1 Å². The molecule has 1 aromatic carbocycles. The fraction of sp³-hybridized carbons (Fsp3) is 0.182. The predicted molar refractivity (Wildman–Crippen MR) is 84.1 cm³/mol. The molecule has 0 fully saturated rings. The maximum atomic E-state index is 8.92. The summed E-state index contributed by atoms with van der Waals surface area (Å²) >= 11 is 4.53. The van der Waals surface area contributed by atoms with E-state index in [1.807, 2.05) is 0 Å². The summed E-state index contributed by atoms with van der Waals surface area (Å²) in [7, 11) is 0. The van der Waals surface area contributed by atoms with E-state index in [0.717, 1.165) is 31.3 Å². The van der Waals surface area contributed by atoms with Crippen molar-refractivity contribution in [2.75, 3.05) is 5.73 Å². The minimum absolute atomic E-state index is 0.452. The number of aromatic nitrogens is 2. The Kier molecular flexibility index (Phi) is 3.98. The third-order valence-corrected chi connectivity index (χ3v) is 3.81. The SMILES string of the molecule is N#Cc1cc2nc(CI)c(CI)nc2cc1N. The summed E-state index contributed by atoms with van der Waals surface area (Å²) in [5.41, 5.74) is 10.1. The molecular formula is C11H8I2N4. The highest BCUT2D eigenvalue weighted by molar-refractivity contribution is 14.1. The molecule has 0 aliphatic rings. The molecule has 0 radical (unpaired) electrons. The largest absolute Gasteiger partial charge is 0.398 e. The Hall–Kier alpha value is -0.690. The van der Waals surface area contributed by atoms with E-state index in [1.165, 1.54) is 0 Å². The van der Waals surface area contributed by atoms with E-state index >= 15 is 0 Å². The molecule has 0 atom stereocenters. The number of hydrogen-bond donors (Lipinski definition) is 1. The number of fused-ring (bicyclic) bond motifs is 1. The molecule has 17 heavy (non-hydrogen) atoms. The molecule has 0 amide bonds. The van der Waals surface area contributed by atoms with Crippen molar-refractivity contribution in [3.05, 3.63) is 29.1 Å². The molecule has 0 saturated carbocycles. The van der Waals surface area contributed by atoms with Gasteiger partial charge >= 0.3 is 0 Å². The highest BCUT2D eigenvalue weighted by Crippen LogP contribution is 2.22. The van der Waals surface area contributed by atoms with Crippen LogP contribution in [0.15, 0.2) is 12.1 Å². The molecule has 0 unspecified atom stereocenters. The lowest BCUT2D eigenvalue weighted by atomic mass is 10.1. The Balaban J connectivity index is 2.75. The van der Waals surface area contributed by atoms with Crippen LogP contribution in [0.4, 0.5) is 5.69 Å². The van der Waals surface area contributed by atoms with Crippen molar-refractivity contribution in [2.24, 2.45) is 0 Å². The number of nitrogen functional groups attached to an aromatic ring is 1. The molecule has 6 heteroatoms. The summed E-state index contributed by atoms with van der Waals surface area (Å²) in [6, 6.07) is 5.47. The third kappa shape index (κ3) is 2.44. The Morgan fingerprint density at radius 3 is 2.12 bits per heavy atom. The van der Waals surface area contributed by atoms with Crippen molar-refractivity contribution < 1.29 is 0 Å². The van der Waals surface area contributed by atoms with Gasteiger partial charge in [-0.3, -0.25) is 0 Å². The first kappa shape index (κ1) is 12.8. The van der Waals surface area contributed by atoms with Crippen LogP contribution in [0, 0.1) is 11.3 Å². The molecule has 4 nitrogen and oxygen atoms in total. The first-order valence-corrected chi connectivity index (χ1v) is 7.85. The summed E-state index contributed by atoms with van der Waals surface area (Å²) in [4.78, 5) is 9.07. The summed E-state index contributed by atoms with van der Waals surface area (Å²) in [5, 5.41) is 8.92. The van der Waals surface area contributed by atoms with E-state index in [2.05, 4.69) is 61.2 Å². The summed E-state index contributed by atoms with van der Waals surface area (Å²) in [6.45, 7) is 0. The van der Waals surface area contributed by atoms with Crippen LogP contribution in [-0.4, -0.2) is 9.97 Å². The maximum Gasteiger partial charge on any atom is 0.101 e. The molecule has 0 bridgehead atoms. The number of hydrogen-bond acceptors (Lipinski definition) is 4. The molecule has 0 spiro atoms. The van der Waals surface area contributed by atoms with Crippen molar-refractivity contribution in [1.82, 2.24) is 9.97 Å². The van der Waals surface area contributed by atoms with Crippen LogP contribution < -0.4 is 5.73 Å². The fourth-order valence-electron chi connectivity index (χ4n) is 1.50. The van der Waals surface area contributed by atoms with Gasteiger partial charge in [-0.2, -0.15) is 5.26 Å². The minimum atomic E-state index is 0.452. The molecular weight excluding hydrogens is 442 g/mol. The number of halogens is 2. The second kappa shape index (κ2) is 5.30. The van der Waals surface area contributed by atoms with Gasteiger partial charge in [-0.1, -0.05) is 45.2 Å². The average molecular weight is 450 g/mol. The maximum absolute atomic E-state index is 8.92. The number of nitrogens with zero attached hydrogens (tertiary/aromatic N) is 3. The van der Waals surface area contributed by atoms with Crippen molar-refractivity contribution >= 4 is 61.9 Å². The normalized spacial score (nSPS) is 10.4. The Labute approximate surface area is 126 Å². The lowest BCUT2D eigenvalue weighted by Crippen LogP contribution is -2.00. The minimum Gasteiger partial charge on any atom is -0.398 e. The number of rotatable bonds is 2. The van der Waals surface area contributed by atoms with E-state index in [1.54, 1.807) is 12.1 Å². The smallest absolute Gasteiger partial charge is 0.101 e. The second-order valence-corrected chi connectivity index (χ2v) is 4.95. The Morgan fingerprint density at radius 1 is 1.12 bits per heavy atom. The first-order valence-electron chi connectivity index (χ1n) is 4.80. The molecule has 0 aliphatic carbocycles. The van der Waals surface area contributed by atoms with Crippen LogP contribution in [0.5, 0.6) is 0 Å². The van der Waals surface area contributed by atoms with Gasteiger partial charge < -0.3 is 5.73 Å². The van der Waals surface area contributed by atoms with Crippen LogP contribution in [-0.2, 0) is 8.86 Å². The number of nitriles is 1. The molecule has 1 heterocycles. The van der Waals surface area contributed by atoms with Gasteiger partial charge in [-0.25, -0.2) is 9.97 Å². The van der Waals surface area contributed by atoms with Crippen molar-refractivity contribution in [2.45, 2.75) is 8.86 Å². The predicted octanol–water partition coefficient (Wildman–Crippen LogP) is 2.95. The molecule has 0 aliphatic heterocycles. The highest BCUT2D eigenvalue weighted by Gasteiger charge is 2.09. The summed E-state index contributed by atoms with van der Waals surface area (Å²) in [5.74, 6) is 0. The van der Waals surface area contributed by atoms with Gasteiger partial charge in [0.25, 0.3) is 0 Å². The number of anilines is 1. The lowest BCUT2D eigenvalue weighted by molar-refractivity contribution is 1.09.